The van der Waals surface area contributed by atoms with Crippen molar-refractivity contribution in [1.82, 2.24) is 9.55 Å². The smallest absolute Gasteiger partial charge is 0.134 e. The molecule has 3 nitrogen and oxygen atoms in total. The highest BCUT2D eigenvalue weighted by Crippen LogP contribution is 2.23. The average molecular weight is 254 g/mol. The highest BCUT2D eigenvalue weighted by atomic mass is 16.1. The van der Waals surface area contributed by atoms with Crippen LogP contribution in [0.4, 0.5) is 0 Å². The first-order chi connectivity index (χ1) is 9.24. The molecule has 2 aromatic rings. The Bertz CT molecular complexity index is 596. The Morgan fingerprint density at radius 1 is 1.21 bits per heavy atom. The van der Waals surface area contributed by atoms with E-state index < -0.39 is 0 Å². The first-order valence-corrected chi connectivity index (χ1v) is 6.88. The molecule has 0 N–H and O–H groups in total. The summed E-state index contributed by atoms with van der Waals surface area (Å²) in [5.74, 6) is 0.202. The van der Waals surface area contributed by atoms with E-state index in [0.717, 1.165) is 24.1 Å². The number of carbonyl (C=O) groups is 1. The minimum absolute atomic E-state index is 0.202. The average Bonchev–Trinajstić information content (AvgIpc) is 2.83. The number of aromatic nitrogens is 2. The number of ketones is 1. The van der Waals surface area contributed by atoms with Crippen LogP contribution in [0.1, 0.15) is 36.7 Å². The second kappa shape index (κ2) is 5.00. The summed E-state index contributed by atoms with van der Waals surface area (Å²) in [5, 5.41) is 0. The van der Waals surface area contributed by atoms with Gasteiger partial charge in [-0.25, -0.2) is 4.98 Å². The van der Waals surface area contributed by atoms with Crippen LogP contribution in [0, 0.1) is 0 Å². The van der Waals surface area contributed by atoms with Gasteiger partial charge in [-0.2, -0.15) is 0 Å². The van der Waals surface area contributed by atoms with Crippen LogP contribution in [0.15, 0.2) is 30.6 Å². The maximum Gasteiger partial charge on any atom is 0.134 e. The summed E-state index contributed by atoms with van der Waals surface area (Å²) < 4.78 is 2.19. The molecule has 98 valence electrons. The lowest BCUT2D eigenvalue weighted by Crippen LogP contribution is -2.07. The highest BCUT2D eigenvalue weighted by molar-refractivity contribution is 5.78. The Kier molecular flexibility index (Phi) is 3.20. The van der Waals surface area contributed by atoms with Gasteiger partial charge in [0.15, 0.2) is 0 Å². The maximum atomic E-state index is 11.1. The third-order valence-corrected chi connectivity index (χ3v) is 3.70. The van der Waals surface area contributed by atoms with Gasteiger partial charge < -0.3 is 4.57 Å². The first-order valence-electron chi connectivity index (χ1n) is 6.88. The number of rotatable bonds is 3. The van der Waals surface area contributed by atoms with E-state index in [4.69, 9.17) is 0 Å². The fraction of sp³-hybridized carbons (Fsp3) is 0.375. The van der Waals surface area contributed by atoms with Crippen LogP contribution >= 0.6 is 0 Å². The zero-order valence-corrected chi connectivity index (χ0v) is 11.2. The molecule has 0 bridgehead atoms. The van der Waals surface area contributed by atoms with Crippen molar-refractivity contribution in [2.45, 2.75) is 39.0 Å². The third-order valence-electron chi connectivity index (χ3n) is 3.70. The van der Waals surface area contributed by atoms with E-state index in [1.165, 1.54) is 24.2 Å². The van der Waals surface area contributed by atoms with Gasteiger partial charge in [-0.1, -0.05) is 12.1 Å². The molecule has 0 saturated carbocycles. The van der Waals surface area contributed by atoms with E-state index in [0.29, 0.717) is 6.42 Å². The molecule has 0 atom stereocenters. The molecule has 0 saturated heterocycles. The van der Waals surface area contributed by atoms with E-state index in [1.807, 2.05) is 18.5 Å². The number of hydrogen-bond acceptors (Lipinski definition) is 2. The van der Waals surface area contributed by atoms with Crippen molar-refractivity contribution in [1.29, 1.82) is 0 Å². The number of hydrogen-bond donors (Lipinski definition) is 0. The van der Waals surface area contributed by atoms with Crippen molar-refractivity contribution in [3.05, 3.63) is 47.5 Å². The third kappa shape index (κ3) is 2.46. The number of imidazole rings is 1. The summed E-state index contributed by atoms with van der Waals surface area (Å²) in [6.45, 7) is 1.63. The highest BCUT2D eigenvalue weighted by Gasteiger charge is 2.15. The van der Waals surface area contributed by atoms with Crippen molar-refractivity contribution in [3.63, 3.8) is 0 Å². The molecule has 0 spiro atoms. The quantitative estimate of drug-likeness (QED) is 0.844. The number of Topliss-reactive ketones (excluding diaryl/α,β-unsaturated/α-hetero) is 1. The zero-order chi connectivity index (χ0) is 13.2. The lowest BCUT2D eigenvalue weighted by atomic mass is 10.0. The number of fused-ring (bicyclic) bond motifs is 1. The molecule has 1 aliphatic rings. The van der Waals surface area contributed by atoms with Crippen molar-refractivity contribution in [2.75, 3.05) is 0 Å². The summed E-state index contributed by atoms with van der Waals surface area (Å²) in [6, 6.07) is 8.22. The second-order valence-corrected chi connectivity index (χ2v) is 5.26. The lowest BCUT2D eigenvalue weighted by molar-refractivity contribution is -0.116. The van der Waals surface area contributed by atoms with Crippen LogP contribution in [-0.2, 0) is 24.1 Å². The van der Waals surface area contributed by atoms with Crippen molar-refractivity contribution >= 4 is 5.78 Å². The molecule has 0 fully saturated rings. The fourth-order valence-corrected chi connectivity index (χ4v) is 2.75. The minimum Gasteiger partial charge on any atom is -0.303 e. The van der Waals surface area contributed by atoms with Gasteiger partial charge in [-0.05, 0) is 50.3 Å². The summed E-state index contributed by atoms with van der Waals surface area (Å²) in [4.78, 5) is 15.6. The second-order valence-electron chi connectivity index (χ2n) is 5.26. The summed E-state index contributed by atoms with van der Waals surface area (Å²) >= 11 is 0. The molecule has 1 heterocycles. The molecule has 3 heteroatoms. The number of carbonyl (C=O) groups excluding carboxylic acids is 1. The molecule has 0 aliphatic heterocycles. The first kappa shape index (κ1) is 12.2. The van der Waals surface area contributed by atoms with Crippen molar-refractivity contribution in [3.8, 4) is 5.69 Å². The van der Waals surface area contributed by atoms with Gasteiger partial charge in [0.2, 0.25) is 0 Å². The Morgan fingerprint density at radius 2 is 1.95 bits per heavy atom. The normalized spacial score (nSPS) is 14.2. The van der Waals surface area contributed by atoms with Crippen LogP contribution in [0.5, 0.6) is 0 Å². The molecular formula is C16H18N2O. The van der Waals surface area contributed by atoms with Gasteiger partial charge in [0, 0.05) is 17.8 Å². The fourth-order valence-electron chi connectivity index (χ4n) is 2.75. The SMILES string of the molecule is CC(=O)Cc1ccc(-n2cnc3c2CCCC3)cc1. The molecular weight excluding hydrogens is 236 g/mol. The van der Waals surface area contributed by atoms with Gasteiger partial charge in [-0.15, -0.1) is 0 Å². The van der Waals surface area contributed by atoms with E-state index in [9.17, 15) is 4.79 Å². The van der Waals surface area contributed by atoms with Crippen molar-refractivity contribution < 1.29 is 4.79 Å². The Labute approximate surface area is 113 Å². The Morgan fingerprint density at radius 3 is 2.68 bits per heavy atom. The largest absolute Gasteiger partial charge is 0.303 e. The van der Waals surface area contributed by atoms with Crippen molar-refractivity contribution in [2.24, 2.45) is 0 Å². The minimum atomic E-state index is 0.202. The van der Waals surface area contributed by atoms with Crippen LogP contribution in [0.25, 0.3) is 5.69 Å². The number of aryl methyl sites for hydroxylation is 1. The molecule has 19 heavy (non-hydrogen) atoms. The molecule has 1 aromatic carbocycles. The molecule has 1 aliphatic carbocycles. The van der Waals surface area contributed by atoms with Gasteiger partial charge in [-0.3, -0.25) is 4.79 Å². The zero-order valence-electron chi connectivity index (χ0n) is 11.2. The number of nitrogens with zero attached hydrogens (tertiary/aromatic N) is 2. The van der Waals surface area contributed by atoms with Gasteiger partial charge in [0.25, 0.3) is 0 Å². The number of benzene rings is 1. The summed E-state index contributed by atoms with van der Waals surface area (Å²) in [6.07, 6.45) is 7.16. The van der Waals surface area contributed by atoms with Gasteiger partial charge >= 0.3 is 0 Å². The summed E-state index contributed by atoms with van der Waals surface area (Å²) in [7, 11) is 0. The lowest BCUT2D eigenvalue weighted by Gasteiger charge is -2.14. The molecule has 0 unspecified atom stereocenters. The van der Waals surface area contributed by atoms with Crippen LogP contribution in [0.3, 0.4) is 0 Å². The van der Waals surface area contributed by atoms with Crippen LogP contribution < -0.4 is 0 Å². The molecule has 3 rings (SSSR count). The predicted octanol–water partition coefficient (Wildman–Crippen LogP) is 2.88. The van der Waals surface area contributed by atoms with E-state index >= 15 is 0 Å². The Hall–Kier alpha value is -1.90. The molecule has 1 aromatic heterocycles. The van der Waals surface area contributed by atoms with E-state index in [1.54, 1.807) is 6.92 Å². The standard InChI is InChI=1S/C16H18N2O/c1-12(19)10-13-6-8-14(9-7-13)18-11-17-15-4-2-3-5-16(15)18/h6-9,11H,2-5,10H2,1H3. The Balaban J connectivity index is 1.90. The topological polar surface area (TPSA) is 34.9 Å². The maximum absolute atomic E-state index is 11.1. The summed E-state index contributed by atoms with van der Waals surface area (Å²) in [5.41, 5.74) is 4.82. The van der Waals surface area contributed by atoms with Gasteiger partial charge in [0.1, 0.15) is 5.78 Å². The molecule has 0 amide bonds. The van der Waals surface area contributed by atoms with Gasteiger partial charge in [0.05, 0.1) is 12.0 Å². The van der Waals surface area contributed by atoms with Crippen LogP contribution in [0.2, 0.25) is 0 Å². The van der Waals surface area contributed by atoms with E-state index in [-0.39, 0.29) is 5.78 Å². The monoisotopic (exact) mass is 254 g/mol. The van der Waals surface area contributed by atoms with E-state index in [2.05, 4.69) is 21.7 Å². The van der Waals surface area contributed by atoms with Crippen LogP contribution in [-0.4, -0.2) is 15.3 Å². The predicted molar refractivity (Wildman–Crippen MR) is 74.6 cm³/mol. The molecule has 0 radical (unpaired) electrons.